The van der Waals surface area contributed by atoms with Crippen LogP contribution in [0.3, 0.4) is 0 Å². The molecule has 0 saturated heterocycles. The van der Waals surface area contributed by atoms with Gasteiger partial charge in [-0.15, -0.1) is 0 Å². The molecule has 0 aliphatic heterocycles. The molecule has 2 aromatic rings. The number of primary amides is 1. The highest BCUT2D eigenvalue weighted by molar-refractivity contribution is 5.78. The molecule has 86 valence electrons. The van der Waals surface area contributed by atoms with Crippen LogP contribution in [0.25, 0.3) is 11.0 Å². The van der Waals surface area contributed by atoms with Crippen molar-refractivity contribution in [2.75, 3.05) is 0 Å². The van der Waals surface area contributed by atoms with Crippen molar-refractivity contribution in [2.24, 2.45) is 5.73 Å². The smallest absolute Gasteiger partial charge is 0.312 e. The van der Waals surface area contributed by atoms with Crippen LogP contribution in [0.5, 0.6) is 0 Å². The molecule has 0 spiro atoms. The number of rotatable bonds is 2. The second-order valence-corrected chi connectivity index (χ2v) is 3.01. The first-order chi connectivity index (χ1) is 7.75. The number of fused-ring (bicyclic) bond motifs is 1. The SMILES string of the molecule is CC.NC(=O)NCc1ccc2occc2c1. The molecule has 16 heavy (non-hydrogen) atoms. The van der Waals surface area contributed by atoms with E-state index in [9.17, 15) is 4.79 Å². The van der Waals surface area contributed by atoms with E-state index in [1.54, 1.807) is 6.26 Å². The average Bonchev–Trinajstić information content (AvgIpc) is 2.76. The van der Waals surface area contributed by atoms with Crippen LogP contribution in [0, 0.1) is 0 Å². The summed E-state index contributed by atoms with van der Waals surface area (Å²) in [5.74, 6) is 0. The summed E-state index contributed by atoms with van der Waals surface area (Å²) in [6.07, 6.45) is 1.63. The Morgan fingerprint density at radius 2 is 2.12 bits per heavy atom. The Kier molecular flexibility index (Phi) is 4.39. The molecule has 0 unspecified atom stereocenters. The van der Waals surface area contributed by atoms with Crippen LogP contribution >= 0.6 is 0 Å². The molecule has 0 fully saturated rings. The molecular formula is C12H16N2O2. The third kappa shape index (κ3) is 3.02. The molecule has 0 radical (unpaired) electrons. The summed E-state index contributed by atoms with van der Waals surface area (Å²) < 4.78 is 5.19. The van der Waals surface area contributed by atoms with Crippen LogP contribution in [0.2, 0.25) is 0 Å². The molecule has 0 saturated carbocycles. The summed E-state index contributed by atoms with van der Waals surface area (Å²) in [5.41, 5.74) is 6.80. The number of hydrogen-bond acceptors (Lipinski definition) is 2. The van der Waals surface area contributed by atoms with Gasteiger partial charge in [-0.2, -0.15) is 0 Å². The Hall–Kier alpha value is -1.97. The monoisotopic (exact) mass is 220 g/mol. The van der Waals surface area contributed by atoms with Gasteiger partial charge in [0.15, 0.2) is 0 Å². The highest BCUT2D eigenvalue weighted by Crippen LogP contribution is 2.16. The van der Waals surface area contributed by atoms with E-state index in [1.165, 1.54) is 0 Å². The highest BCUT2D eigenvalue weighted by atomic mass is 16.3. The lowest BCUT2D eigenvalue weighted by Gasteiger charge is -2.01. The fraction of sp³-hybridized carbons (Fsp3) is 0.250. The summed E-state index contributed by atoms with van der Waals surface area (Å²) in [5, 5.41) is 3.55. The fourth-order valence-electron chi connectivity index (χ4n) is 1.32. The zero-order chi connectivity index (χ0) is 12.0. The molecule has 3 N–H and O–H groups in total. The molecule has 0 aliphatic rings. The maximum Gasteiger partial charge on any atom is 0.312 e. The van der Waals surface area contributed by atoms with E-state index in [1.807, 2.05) is 38.1 Å². The summed E-state index contributed by atoms with van der Waals surface area (Å²) in [6.45, 7) is 4.44. The molecule has 0 aliphatic carbocycles. The van der Waals surface area contributed by atoms with Crippen LogP contribution in [0.15, 0.2) is 34.9 Å². The maximum absolute atomic E-state index is 10.5. The van der Waals surface area contributed by atoms with Crippen molar-refractivity contribution in [3.8, 4) is 0 Å². The lowest BCUT2D eigenvalue weighted by atomic mass is 10.1. The molecular weight excluding hydrogens is 204 g/mol. The van der Waals surface area contributed by atoms with Gasteiger partial charge in [0.25, 0.3) is 0 Å². The van der Waals surface area contributed by atoms with Gasteiger partial charge in [0, 0.05) is 11.9 Å². The second-order valence-electron chi connectivity index (χ2n) is 3.01. The van der Waals surface area contributed by atoms with Crippen molar-refractivity contribution in [2.45, 2.75) is 20.4 Å². The molecule has 1 aromatic heterocycles. The van der Waals surface area contributed by atoms with E-state index in [2.05, 4.69) is 5.32 Å². The van der Waals surface area contributed by atoms with E-state index >= 15 is 0 Å². The molecule has 1 aromatic carbocycles. The Morgan fingerprint density at radius 1 is 1.38 bits per heavy atom. The second kappa shape index (κ2) is 5.80. The number of amides is 2. The largest absolute Gasteiger partial charge is 0.464 e. The van der Waals surface area contributed by atoms with Crippen molar-refractivity contribution in [1.82, 2.24) is 5.32 Å². The normalized spacial score (nSPS) is 9.38. The number of urea groups is 1. The molecule has 1 heterocycles. The van der Waals surface area contributed by atoms with Crippen molar-refractivity contribution in [1.29, 1.82) is 0 Å². The van der Waals surface area contributed by atoms with Gasteiger partial charge < -0.3 is 15.5 Å². The minimum atomic E-state index is -0.516. The summed E-state index contributed by atoms with van der Waals surface area (Å²) in [7, 11) is 0. The van der Waals surface area contributed by atoms with Crippen molar-refractivity contribution < 1.29 is 9.21 Å². The molecule has 4 heteroatoms. The molecule has 0 bridgehead atoms. The summed E-state index contributed by atoms with van der Waals surface area (Å²) in [4.78, 5) is 10.5. The Morgan fingerprint density at radius 3 is 2.81 bits per heavy atom. The predicted octanol–water partition coefficient (Wildman–Crippen LogP) is 2.63. The van der Waals surface area contributed by atoms with E-state index in [4.69, 9.17) is 10.2 Å². The fourth-order valence-corrected chi connectivity index (χ4v) is 1.32. The van der Waals surface area contributed by atoms with E-state index in [0.29, 0.717) is 6.54 Å². The van der Waals surface area contributed by atoms with Crippen molar-refractivity contribution in [3.63, 3.8) is 0 Å². The van der Waals surface area contributed by atoms with Crippen LogP contribution in [-0.4, -0.2) is 6.03 Å². The number of nitrogens with one attached hydrogen (secondary N) is 1. The van der Waals surface area contributed by atoms with Gasteiger partial charge >= 0.3 is 6.03 Å². The predicted molar refractivity (Wildman–Crippen MR) is 64.0 cm³/mol. The van der Waals surface area contributed by atoms with Crippen molar-refractivity contribution >= 4 is 17.0 Å². The van der Waals surface area contributed by atoms with Crippen LogP contribution in [0.4, 0.5) is 4.79 Å². The summed E-state index contributed by atoms with van der Waals surface area (Å²) >= 11 is 0. The molecule has 4 nitrogen and oxygen atoms in total. The first kappa shape index (κ1) is 12.1. The topological polar surface area (TPSA) is 68.3 Å². The third-order valence-electron chi connectivity index (χ3n) is 1.98. The quantitative estimate of drug-likeness (QED) is 0.816. The Balaban J connectivity index is 0.000000606. The number of furan rings is 1. The van der Waals surface area contributed by atoms with Gasteiger partial charge in [0.05, 0.1) is 6.26 Å². The minimum Gasteiger partial charge on any atom is -0.464 e. The van der Waals surface area contributed by atoms with Gasteiger partial charge in [-0.25, -0.2) is 4.79 Å². The molecule has 2 amide bonds. The van der Waals surface area contributed by atoms with Crippen LogP contribution in [0.1, 0.15) is 19.4 Å². The lowest BCUT2D eigenvalue weighted by molar-refractivity contribution is 0.248. The van der Waals surface area contributed by atoms with Gasteiger partial charge in [0.2, 0.25) is 0 Å². The number of nitrogens with two attached hydrogens (primary N) is 1. The zero-order valence-electron chi connectivity index (χ0n) is 9.49. The maximum atomic E-state index is 10.5. The standard InChI is InChI=1S/C10H10N2O2.C2H6/c11-10(13)12-6-7-1-2-9-8(5-7)3-4-14-9;1-2/h1-5H,6H2,(H3,11,12,13);1-2H3. The van der Waals surface area contributed by atoms with Gasteiger partial charge in [-0.1, -0.05) is 19.9 Å². The van der Waals surface area contributed by atoms with Crippen molar-refractivity contribution in [3.05, 3.63) is 36.1 Å². The van der Waals surface area contributed by atoms with Crippen LogP contribution in [-0.2, 0) is 6.54 Å². The van der Waals surface area contributed by atoms with Gasteiger partial charge in [0.1, 0.15) is 5.58 Å². The molecule has 2 rings (SSSR count). The van der Waals surface area contributed by atoms with Crippen LogP contribution < -0.4 is 11.1 Å². The number of benzene rings is 1. The minimum absolute atomic E-state index is 0.441. The number of carbonyl (C=O) groups is 1. The number of hydrogen-bond donors (Lipinski definition) is 2. The Bertz CT molecular complexity index is 463. The molecule has 0 atom stereocenters. The van der Waals surface area contributed by atoms with E-state index < -0.39 is 6.03 Å². The third-order valence-corrected chi connectivity index (χ3v) is 1.98. The highest BCUT2D eigenvalue weighted by Gasteiger charge is 1.99. The summed E-state index contributed by atoms with van der Waals surface area (Å²) in [6, 6.07) is 7.07. The van der Waals surface area contributed by atoms with E-state index in [-0.39, 0.29) is 0 Å². The zero-order valence-corrected chi connectivity index (χ0v) is 9.49. The van der Waals surface area contributed by atoms with Gasteiger partial charge in [-0.05, 0) is 23.8 Å². The number of carbonyl (C=O) groups excluding carboxylic acids is 1. The average molecular weight is 220 g/mol. The Labute approximate surface area is 94.4 Å². The first-order valence-corrected chi connectivity index (χ1v) is 5.25. The lowest BCUT2D eigenvalue weighted by Crippen LogP contribution is -2.28. The van der Waals surface area contributed by atoms with E-state index in [0.717, 1.165) is 16.5 Å². The first-order valence-electron chi connectivity index (χ1n) is 5.25. The van der Waals surface area contributed by atoms with Gasteiger partial charge in [-0.3, -0.25) is 0 Å².